The summed E-state index contributed by atoms with van der Waals surface area (Å²) in [7, 11) is 0. The highest BCUT2D eigenvalue weighted by Gasteiger charge is 2.16. The molecule has 176 valence electrons. The van der Waals surface area contributed by atoms with Crippen LogP contribution in [0.3, 0.4) is 0 Å². The number of rotatable bonds is 8. The van der Waals surface area contributed by atoms with E-state index < -0.39 is 5.91 Å². The zero-order valence-electron chi connectivity index (χ0n) is 17.8. The summed E-state index contributed by atoms with van der Waals surface area (Å²) in [6.45, 7) is 6.61. The molecular formula is C22H30Cl3N5O2. The van der Waals surface area contributed by atoms with Gasteiger partial charge in [0.2, 0.25) is 5.91 Å². The Morgan fingerprint density at radius 3 is 2.28 bits per heavy atom. The summed E-state index contributed by atoms with van der Waals surface area (Å²) < 4.78 is 0. The molecule has 0 spiro atoms. The number of halogens is 3. The molecule has 1 fully saturated rings. The highest BCUT2D eigenvalue weighted by atomic mass is 35.5. The Bertz CT molecular complexity index is 859. The number of carbonyl (C=O) groups excluding carboxylic acids is 2. The molecule has 0 saturated carbocycles. The minimum atomic E-state index is -0.521. The Balaban J connectivity index is 0.00000256. The van der Waals surface area contributed by atoms with E-state index in [4.69, 9.17) is 17.3 Å². The highest BCUT2D eigenvalue weighted by Crippen LogP contribution is 2.13. The molecule has 0 aromatic heterocycles. The van der Waals surface area contributed by atoms with Crippen molar-refractivity contribution in [3.8, 4) is 0 Å². The van der Waals surface area contributed by atoms with Crippen LogP contribution in [0.25, 0.3) is 0 Å². The van der Waals surface area contributed by atoms with E-state index in [-0.39, 0.29) is 30.8 Å². The maximum atomic E-state index is 12.0. The van der Waals surface area contributed by atoms with Crippen LogP contribution in [0.5, 0.6) is 0 Å². The molecule has 3 amide bonds. The van der Waals surface area contributed by atoms with Gasteiger partial charge < -0.3 is 21.3 Å². The molecule has 2 aromatic carbocycles. The topological polar surface area (TPSA) is 90.7 Å². The zero-order valence-corrected chi connectivity index (χ0v) is 20.1. The molecule has 4 N–H and O–H groups in total. The lowest BCUT2D eigenvalue weighted by atomic mass is 10.2. The second kappa shape index (κ2) is 14.2. The van der Waals surface area contributed by atoms with Gasteiger partial charge in [-0.05, 0) is 48.9 Å². The SMILES string of the molecule is Cl.Cl.NC(=O)c1cccc(NC(=O)NCCCN2CCN(Cc3ccc(Cl)cc3)CC2)c1. The standard InChI is InChI=1S/C22H28ClN5O2.2ClH/c23-19-7-5-17(6-8-19)16-28-13-11-27(12-14-28)10-2-9-25-22(30)26-20-4-1-3-18(15-20)21(24)29;;/h1,3-8,15H,2,9-14,16H2,(H2,24,29)(H2,25,26,30);2*1H. The van der Waals surface area contributed by atoms with Gasteiger partial charge in [0.05, 0.1) is 0 Å². The number of hydrogen-bond acceptors (Lipinski definition) is 4. The van der Waals surface area contributed by atoms with Crippen molar-refractivity contribution in [2.45, 2.75) is 13.0 Å². The van der Waals surface area contributed by atoms with Gasteiger partial charge in [-0.25, -0.2) is 4.79 Å². The molecule has 1 heterocycles. The molecule has 0 aliphatic carbocycles. The van der Waals surface area contributed by atoms with Crippen molar-refractivity contribution in [2.24, 2.45) is 5.73 Å². The summed E-state index contributed by atoms with van der Waals surface area (Å²) in [4.78, 5) is 28.1. The van der Waals surface area contributed by atoms with E-state index in [2.05, 4.69) is 32.6 Å². The molecular weight excluding hydrogens is 473 g/mol. The number of nitrogens with zero attached hydrogens (tertiary/aromatic N) is 2. The van der Waals surface area contributed by atoms with Crippen molar-refractivity contribution in [3.05, 3.63) is 64.7 Å². The normalized spacial score (nSPS) is 14.0. The number of amides is 3. The fourth-order valence-corrected chi connectivity index (χ4v) is 3.58. The van der Waals surface area contributed by atoms with Crippen LogP contribution in [0.15, 0.2) is 48.5 Å². The third-order valence-electron chi connectivity index (χ3n) is 5.13. The van der Waals surface area contributed by atoms with E-state index in [9.17, 15) is 9.59 Å². The van der Waals surface area contributed by atoms with Gasteiger partial charge in [0.25, 0.3) is 0 Å². The molecule has 1 saturated heterocycles. The zero-order chi connectivity index (χ0) is 21.3. The second-order valence-corrected chi connectivity index (χ2v) is 7.86. The van der Waals surface area contributed by atoms with Gasteiger partial charge in [-0.15, -0.1) is 24.8 Å². The van der Waals surface area contributed by atoms with Crippen molar-refractivity contribution < 1.29 is 9.59 Å². The Hall–Kier alpha value is -2.03. The lowest BCUT2D eigenvalue weighted by molar-refractivity contribution is 0.1000. The van der Waals surface area contributed by atoms with Crippen LogP contribution in [-0.2, 0) is 6.54 Å². The van der Waals surface area contributed by atoms with Gasteiger partial charge in [-0.1, -0.05) is 29.8 Å². The van der Waals surface area contributed by atoms with Crippen LogP contribution in [-0.4, -0.2) is 61.0 Å². The fourth-order valence-electron chi connectivity index (χ4n) is 3.45. The van der Waals surface area contributed by atoms with Gasteiger partial charge >= 0.3 is 6.03 Å². The smallest absolute Gasteiger partial charge is 0.319 e. The van der Waals surface area contributed by atoms with Crippen LogP contribution in [0, 0.1) is 0 Å². The molecule has 2 aromatic rings. The number of anilines is 1. The average molecular weight is 503 g/mol. The van der Waals surface area contributed by atoms with Crippen LogP contribution >= 0.6 is 36.4 Å². The quantitative estimate of drug-likeness (QED) is 0.481. The Kier molecular flexibility index (Phi) is 12.4. The van der Waals surface area contributed by atoms with Gasteiger partial charge in [-0.2, -0.15) is 0 Å². The molecule has 3 rings (SSSR count). The Labute approximate surface area is 206 Å². The molecule has 32 heavy (non-hydrogen) atoms. The van der Waals surface area contributed by atoms with Crippen molar-refractivity contribution in [1.29, 1.82) is 0 Å². The van der Waals surface area contributed by atoms with E-state index in [0.29, 0.717) is 17.8 Å². The van der Waals surface area contributed by atoms with E-state index in [1.54, 1.807) is 24.3 Å². The van der Waals surface area contributed by atoms with Gasteiger partial charge in [0.1, 0.15) is 0 Å². The molecule has 0 bridgehead atoms. The van der Waals surface area contributed by atoms with Crippen molar-refractivity contribution in [2.75, 3.05) is 44.6 Å². The van der Waals surface area contributed by atoms with E-state index in [1.807, 2.05) is 12.1 Å². The lowest BCUT2D eigenvalue weighted by Crippen LogP contribution is -2.46. The minimum Gasteiger partial charge on any atom is -0.366 e. The van der Waals surface area contributed by atoms with Gasteiger partial charge in [0, 0.05) is 55.5 Å². The van der Waals surface area contributed by atoms with Crippen LogP contribution < -0.4 is 16.4 Å². The number of benzene rings is 2. The number of nitrogens with one attached hydrogen (secondary N) is 2. The van der Waals surface area contributed by atoms with E-state index >= 15 is 0 Å². The average Bonchev–Trinajstić information content (AvgIpc) is 2.74. The molecule has 1 aliphatic rings. The first-order chi connectivity index (χ1) is 14.5. The van der Waals surface area contributed by atoms with Crippen LogP contribution in [0.1, 0.15) is 22.3 Å². The molecule has 10 heteroatoms. The maximum absolute atomic E-state index is 12.0. The second-order valence-electron chi connectivity index (χ2n) is 7.42. The molecule has 1 aliphatic heterocycles. The predicted molar refractivity (Wildman–Crippen MR) is 134 cm³/mol. The van der Waals surface area contributed by atoms with Crippen molar-refractivity contribution in [3.63, 3.8) is 0 Å². The third kappa shape index (κ3) is 9.22. The number of primary amides is 1. The summed E-state index contributed by atoms with van der Waals surface area (Å²) >= 11 is 5.94. The lowest BCUT2D eigenvalue weighted by Gasteiger charge is -2.34. The van der Waals surface area contributed by atoms with E-state index in [1.165, 1.54) is 5.56 Å². The first-order valence-corrected chi connectivity index (χ1v) is 10.5. The summed E-state index contributed by atoms with van der Waals surface area (Å²) in [5.41, 5.74) is 7.44. The van der Waals surface area contributed by atoms with Crippen molar-refractivity contribution in [1.82, 2.24) is 15.1 Å². The maximum Gasteiger partial charge on any atom is 0.319 e. The molecule has 7 nitrogen and oxygen atoms in total. The summed E-state index contributed by atoms with van der Waals surface area (Å²) in [6, 6.07) is 14.3. The summed E-state index contributed by atoms with van der Waals surface area (Å²) in [5.74, 6) is -0.521. The largest absolute Gasteiger partial charge is 0.366 e. The Morgan fingerprint density at radius 1 is 0.969 bits per heavy atom. The third-order valence-corrected chi connectivity index (χ3v) is 5.38. The summed E-state index contributed by atoms with van der Waals surface area (Å²) in [6.07, 6.45) is 0.881. The van der Waals surface area contributed by atoms with Crippen LogP contribution in [0.4, 0.5) is 10.5 Å². The Morgan fingerprint density at radius 2 is 1.62 bits per heavy atom. The predicted octanol–water partition coefficient (Wildman–Crippen LogP) is 3.61. The molecule has 0 radical (unpaired) electrons. The monoisotopic (exact) mass is 501 g/mol. The first kappa shape index (κ1) is 28.0. The first-order valence-electron chi connectivity index (χ1n) is 10.1. The van der Waals surface area contributed by atoms with Gasteiger partial charge in [-0.3, -0.25) is 9.69 Å². The van der Waals surface area contributed by atoms with E-state index in [0.717, 1.165) is 50.7 Å². The molecule has 0 atom stereocenters. The highest BCUT2D eigenvalue weighted by molar-refractivity contribution is 6.30. The number of piperazine rings is 1. The van der Waals surface area contributed by atoms with Crippen LogP contribution in [0.2, 0.25) is 5.02 Å². The fraction of sp³-hybridized carbons (Fsp3) is 0.364. The van der Waals surface area contributed by atoms with Crippen molar-refractivity contribution >= 4 is 54.0 Å². The number of urea groups is 1. The minimum absolute atomic E-state index is 0. The number of hydrogen-bond donors (Lipinski definition) is 3. The molecule has 0 unspecified atom stereocenters. The number of nitrogens with two attached hydrogens (primary N) is 1. The van der Waals surface area contributed by atoms with Gasteiger partial charge in [0.15, 0.2) is 0 Å². The summed E-state index contributed by atoms with van der Waals surface area (Å²) in [5, 5.41) is 6.34. The number of carbonyl (C=O) groups is 2.